The number of hydrogen-bond donors (Lipinski definition) is 1. The van der Waals surface area contributed by atoms with Gasteiger partial charge in [-0.05, 0) is 25.5 Å². The van der Waals surface area contributed by atoms with Gasteiger partial charge in [0.25, 0.3) is 0 Å². The first-order valence-electron chi connectivity index (χ1n) is 12.4. The molecular formula is C22H30N6OS. The molecule has 0 saturated carbocycles. The predicted octanol–water partition coefficient (Wildman–Crippen LogP) is 1.57. The highest BCUT2D eigenvalue weighted by molar-refractivity contribution is 7.99. The molecular weight excluding hydrogens is 396 g/mol. The lowest BCUT2D eigenvalue weighted by atomic mass is 10.1. The topological polar surface area (TPSA) is 56.6 Å². The van der Waals surface area contributed by atoms with Gasteiger partial charge in [0.15, 0.2) is 0 Å². The predicted molar refractivity (Wildman–Crippen MR) is 121 cm³/mol. The number of carbonyl (C=O) groups excluding carboxylic acids is 1. The second kappa shape index (κ2) is 8.61. The van der Waals surface area contributed by atoms with Gasteiger partial charge in [0, 0.05) is 62.5 Å². The van der Waals surface area contributed by atoms with Crippen LogP contribution in [0.15, 0.2) is 36.4 Å². The van der Waals surface area contributed by atoms with Crippen molar-refractivity contribution in [3.8, 4) is 5.69 Å². The third kappa shape index (κ3) is 3.96. The van der Waals surface area contributed by atoms with E-state index in [9.17, 15) is 4.79 Å². The molecule has 3 saturated heterocycles. The molecule has 0 spiro atoms. The number of aryl methyl sites for hydroxylation is 1. The first-order valence-corrected chi connectivity index (χ1v) is 11.6. The van der Waals surface area contributed by atoms with E-state index in [2.05, 4.69) is 10.4 Å². The van der Waals surface area contributed by atoms with Gasteiger partial charge in [0.1, 0.15) is 5.82 Å². The van der Waals surface area contributed by atoms with Crippen molar-refractivity contribution in [2.45, 2.75) is 25.4 Å². The molecule has 0 radical (unpaired) electrons. The van der Waals surface area contributed by atoms with Gasteiger partial charge in [-0.1, -0.05) is 18.2 Å². The van der Waals surface area contributed by atoms with E-state index in [1.165, 1.54) is 4.90 Å². The van der Waals surface area contributed by atoms with Crippen molar-refractivity contribution >= 4 is 23.5 Å². The summed E-state index contributed by atoms with van der Waals surface area (Å²) in [5.41, 5.74) is 1.62. The molecule has 5 rings (SSSR count). The highest BCUT2D eigenvalue weighted by atomic mass is 32.2. The molecule has 0 bridgehead atoms. The number of nitrogens with one attached hydrogen (secondary N) is 1. The van der Waals surface area contributed by atoms with Crippen LogP contribution in [0.2, 0.25) is 0 Å². The lowest BCUT2D eigenvalue weighted by molar-refractivity contribution is -0.131. The van der Waals surface area contributed by atoms with Crippen LogP contribution < -0.4 is 10.2 Å². The Morgan fingerprint density at radius 3 is 2.77 bits per heavy atom. The number of rotatable bonds is 4. The Bertz CT molecular complexity index is 1030. The Morgan fingerprint density at radius 2 is 2.03 bits per heavy atom. The van der Waals surface area contributed by atoms with E-state index in [1.54, 1.807) is 21.3 Å². The fourth-order valence-electron chi connectivity index (χ4n) is 4.24. The van der Waals surface area contributed by atoms with Crippen LogP contribution in [-0.2, 0) is 4.79 Å². The Labute approximate surface area is 188 Å². The van der Waals surface area contributed by atoms with Crippen LogP contribution in [0.25, 0.3) is 5.69 Å². The van der Waals surface area contributed by atoms with E-state index in [0.717, 1.165) is 23.7 Å². The van der Waals surface area contributed by atoms with Crippen LogP contribution in [0.5, 0.6) is 0 Å². The minimum atomic E-state index is -1.94. The van der Waals surface area contributed by atoms with Crippen LogP contribution in [0.1, 0.15) is 17.6 Å². The zero-order valence-electron chi connectivity index (χ0n) is 21.1. The smallest absolute Gasteiger partial charge is 0.240 e. The largest absolute Gasteiger partial charge is 0.354 e. The number of para-hydroxylation sites is 1. The molecule has 4 heterocycles. The average Bonchev–Trinajstić information content (AvgIpc) is 3.53. The summed E-state index contributed by atoms with van der Waals surface area (Å²) < 4.78 is 37.2. The van der Waals surface area contributed by atoms with Crippen LogP contribution in [-0.4, -0.2) is 88.4 Å². The minimum Gasteiger partial charge on any atom is -0.354 e. The monoisotopic (exact) mass is 430 g/mol. The summed E-state index contributed by atoms with van der Waals surface area (Å²) in [7, 11) is 0. The van der Waals surface area contributed by atoms with Crippen molar-refractivity contribution in [1.82, 2.24) is 24.9 Å². The fourth-order valence-corrected chi connectivity index (χ4v) is 5.19. The Morgan fingerprint density at radius 1 is 1.23 bits per heavy atom. The maximum Gasteiger partial charge on any atom is 0.240 e. The molecule has 1 N–H and O–H groups in total. The number of carbonyl (C=O) groups is 1. The number of aromatic nitrogens is 2. The second-order valence-electron chi connectivity index (χ2n) is 7.92. The molecule has 3 aliphatic heterocycles. The molecule has 160 valence electrons. The number of piperazine rings is 1. The normalized spacial score (nSPS) is 30.6. The van der Waals surface area contributed by atoms with Crippen LogP contribution in [0.3, 0.4) is 0 Å². The Hall–Kier alpha value is -2.03. The van der Waals surface area contributed by atoms with Crippen molar-refractivity contribution in [3.63, 3.8) is 0 Å². The summed E-state index contributed by atoms with van der Waals surface area (Å²) in [5, 5.41) is 7.81. The van der Waals surface area contributed by atoms with Crippen molar-refractivity contribution in [3.05, 3.63) is 42.1 Å². The quantitative estimate of drug-likeness (QED) is 0.795. The molecule has 2 atom stereocenters. The molecule has 7 nitrogen and oxygen atoms in total. The summed E-state index contributed by atoms with van der Waals surface area (Å²) in [6, 6.07) is 10.7. The van der Waals surface area contributed by atoms with Crippen molar-refractivity contribution < 1.29 is 10.3 Å². The Kier molecular flexibility index (Phi) is 4.51. The molecule has 3 fully saturated rings. The molecule has 1 aromatic carbocycles. The van der Waals surface area contributed by atoms with Gasteiger partial charge >= 0.3 is 0 Å². The lowest BCUT2D eigenvalue weighted by Crippen LogP contribution is -2.51. The molecule has 2 unspecified atom stereocenters. The second-order valence-corrected chi connectivity index (χ2v) is 9.00. The van der Waals surface area contributed by atoms with E-state index < -0.39 is 25.1 Å². The lowest BCUT2D eigenvalue weighted by Gasteiger charge is -2.38. The number of benzene rings is 1. The number of nitrogens with zero attached hydrogens (tertiary/aromatic N) is 5. The van der Waals surface area contributed by atoms with Crippen molar-refractivity contribution in [2.75, 3.05) is 55.7 Å². The zero-order chi connectivity index (χ0) is 24.1. The number of amides is 1. The van der Waals surface area contributed by atoms with E-state index in [1.807, 2.05) is 48.2 Å². The van der Waals surface area contributed by atoms with Crippen molar-refractivity contribution in [1.29, 1.82) is 0 Å². The maximum absolute atomic E-state index is 12.8. The van der Waals surface area contributed by atoms with Crippen molar-refractivity contribution in [2.24, 2.45) is 0 Å². The maximum atomic E-state index is 12.8. The Balaban J connectivity index is 1.37. The molecule has 2 aromatic rings. The fraction of sp³-hybridized carbons (Fsp3) is 0.545. The first-order chi connectivity index (χ1) is 16.2. The number of anilines is 1. The van der Waals surface area contributed by atoms with Gasteiger partial charge in [-0.3, -0.25) is 9.69 Å². The van der Waals surface area contributed by atoms with Gasteiger partial charge in [-0.15, -0.1) is 11.8 Å². The van der Waals surface area contributed by atoms with Crippen LogP contribution in [0.4, 0.5) is 5.82 Å². The summed E-state index contributed by atoms with van der Waals surface area (Å²) in [6.45, 7) is -0.865. The molecule has 3 aliphatic rings. The van der Waals surface area contributed by atoms with E-state index >= 15 is 0 Å². The van der Waals surface area contributed by atoms with Crippen LogP contribution in [0, 0.1) is 6.92 Å². The highest BCUT2D eigenvalue weighted by Gasteiger charge is 2.36. The zero-order valence-corrected chi connectivity index (χ0v) is 17.9. The van der Waals surface area contributed by atoms with Gasteiger partial charge in [0.05, 0.1) is 23.3 Å². The van der Waals surface area contributed by atoms with Gasteiger partial charge in [-0.25, -0.2) is 4.68 Å². The molecule has 8 heteroatoms. The summed E-state index contributed by atoms with van der Waals surface area (Å²) in [5.74, 6) is 2.33. The van der Waals surface area contributed by atoms with E-state index in [0.29, 0.717) is 24.7 Å². The minimum absolute atomic E-state index is 0.00234. The standard InChI is InChI=1S/C22H30N6OS/c1-17-13-21(28(24-17)18-5-3-2-4-6-18)26-9-7-25(8-10-26)19-14-20(23-15-19)22(29)27-11-12-30-16-27/h2-6,13,19-20,23H,7-12,14-16H2,1H3/i7D2,8D2. The van der Waals surface area contributed by atoms with E-state index in [-0.39, 0.29) is 19.0 Å². The van der Waals surface area contributed by atoms with E-state index in [4.69, 9.17) is 5.48 Å². The average molecular weight is 431 g/mol. The van der Waals surface area contributed by atoms with Gasteiger partial charge < -0.3 is 15.1 Å². The third-order valence-corrected chi connectivity index (χ3v) is 6.80. The molecule has 1 amide bonds. The third-order valence-electron chi connectivity index (χ3n) is 5.84. The van der Waals surface area contributed by atoms with Crippen LogP contribution >= 0.6 is 11.8 Å². The highest BCUT2D eigenvalue weighted by Crippen LogP contribution is 2.25. The first kappa shape index (κ1) is 15.7. The summed E-state index contributed by atoms with van der Waals surface area (Å²) >= 11 is 1.73. The molecule has 0 aliphatic carbocycles. The van der Waals surface area contributed by atoms with Gasteiger partial charge in [0.2, 0.25) is 5.91 Å². The molecule has 1 aromatic heterocycles. The number of thioether (sulfide) groups is 1. The SMILES string of the molecule is [2H]C1([2H])CN(c2cc(C)nn2-c2ccccc2)CC([2H])([2H])N1C1CNC(C(=O)N2CCSC2)C1. The summed E-state index contributed by atoms with van der Waals surface area (Å²) in [4.78, 5) is 17.8. The summed E-state index contributed by atoms with van der Waals surface area (Å²) in [6.07, 6.45) is 0.403. The number of hydrogen-bond acceptors (Lipinski definition) is 6. The van der Waals surface area contributed by atoms with Gasteiger partial charge in [-0.2, -0.15) is 5.10 Å². The molecule has 30 heavy (non-hydrogen) atoms.